The lowest BCUT2D eigenvalue weighted by Gasteiger charge is -2.19. The van der Waals surface area contributed by atoms with Crippen LogP contribution in [-0.4, -0.2) is 12.1 Å². The predicted molar refractivity (Wildman–Crippen MR) is 52.4 cm³/mol. The topological polar surface area (TPSA) is 50.1 Å². The zero-order valence-electron chi connectivity index (χ0n) is 8.50. The van der Waals surface area contributed by atoms with Gasteiger partial charge < -0.3 is 4.74 Å². The van der Waals surface area contributed by atoms with Gasteiger partial charge in [0.05, 0.1) is 6.07 Å². The summed E-state index contributed by atoms with van der Waals surface area (Å²) in [6, 6.07) is 1.81. The van der Waals surface area contributed by atoms with Crippen LogP contribution < -0.4 is 0 Å². The van der Waals surface area contributed by atoms with Crippen molar-refractivity contribution in [1.82, 2.24) is 0 Å². The van der Waals surface area contributed by atoms with E-state index in [1.165, 1.54) is 19.3 Å². The van der Waals surface area contributed by atoms with Gasteiger partial charge in [-0.25, -0.2) is 0 Å². The van der Waals surface area contributed by atoms with Crippen LogP contribution in [0.15, 0.2) is 0 Å². The summed E-state index contributed by atoms with van der Waals surface area (Å²) in [5, 5.41) is 8.32. The first-order chi connectivity index (χ1) is 6.83. The molecule has 0 atom stereocenters. The van der Waals surface area contributed by atoms with Crippen LogP contribution in [0.5, 0.6) is 0 Å². The van der Waals surface area contributed by atoms with Crippen molar-refractivity contribution in [3.8, 4) is 6.07 Å². The SMILES string of the molecule is N#CCC(=O)OC1CCCCCCC1. The summed E-state index contributed by atoms with van der Waals surface area (Å²) in [6.45, 7) is 0. The second-order valence-electron chi connectivity index (χ2n) is 3.79. The van der Waals surface area contributed by atoms with E-state index in [9.17, 15) is 4.79 Å². The molecule has 0 amide bonds. The Morgan fingerprint density at radius 1 is 1.21 bits per heavy atom. The molecule has 0 aromatic carbocycles. The lowest BCUT2D eigenvalue weighted by molar-refractivity contribution is -0.148. The van der Waals surface area contributed by atoms with Crippen molar-refractivity contribution >= 4 is 5.97 Å². The molecule has 1 aliphatic rings. The second kappa shape index (κ2) is 6.42. The van der Waals surface area contributed by atoms with Crippen molar-refractivity contribution in [2.75, 3.05) is 0 Å². The van der Waals surface area contributed by atoms with Crippen LogP contribution in [0.3, 0.4) is 0 Å². The van der Waals surface area contributed by atoms with Gasteiger partial charge in [0.15, 0.2) is 0 Å². The smallest absolute Gasteiger partial charge is 0.320 e. The van der Waals surface area contributed by atoms with Gasteiger partial charge in [-0.1, -0.05) is 19.3 Å². The number of rotatable bonds is 2. The van der Waals surface area contributed by atoms with Gasteiger partial charge in [-0.3, -0.25) is 4.79 Å². The lowest BCUT2D eigenvalue weighted by Crippen LogP contribution is -2.18. The van der Waals surface area contributed by atoms with Gasteiger partial charge in [-0.2, -0.15) is 5.26 Å². The zero-order valence-corrected chi connectivity index (χ0v) is 8.50. The molecule has 3 nitrogen and oxygen atoms in total. The molecule has 78 valence electrons. The number of carbonyl (C=O) groups excluding carboxylic acids is 1. The Morgan fingerprint density at radius 2 is 1.79 bits per heavy atom. The molecular formula is C11H17NO2. The summed E-state index contributed by atoms with van der Waals surface area (Å²) in [5.74, 6) is -0.363. The average Bonchev–Trinajstić information content (AvgIpc) is 2.10. The minimum atomic E-state index is -0.363. The van der Waals surface area contributed by atoms with Gasteiger partial charge in [-0.15, -0.1) is 0 Å². The van der Waals surface area contributed by atoms with E-state index in [-0.39, 0.29) is 18.5 Å². The molecule has 0 bridgehead atoms. The van der Waals surface area contributed by atoms with Crippen LogP contribution in [0.25, 0.3) is 0 Å². The normalized spacial score (nSPS) is 19.1. The fourth-order valence-electron chi connectivity index (χ4n) is 1.83. The van der Waals surface area contributed by atoms with Gasteiger partial charge in [0.2, 0.25) is 0 Å². The third-order valence-electron chi connectivity index (χ3n) is 2.57. The fourth-order valence-corrected chi connectivity index (χ4v) is 1.83. The Hall–Kier alpha value is -1.04. The lowest BCUT2D eigenvalue weighted by atomic mass is 9.98. The highest BCUT2D eigenvalue weighted by Crippen LogP contribution is 2.19. The van der Waals surface area contributed by atoms with Crippen LogP contribution in [0.2, 0.25) is 0 Å². The van der Waals surface area contributed by atoms with Crippen molar-refractivity contribution in [2.45, 2.75) is 57.5 Å². The number of hydrogen-bond acceptors (Lipinski definition) is 3. The first-order valence-corrected chi connectivity index (χ1v) is 5.39. The number of ether oxygens (including phenoxy) is 1. The fraction of sp³-hybridized carbons (Fsp3) is 0.818. The summed E-state index contributed by atoms with van der Waals surface area (Å²) < 4.78 is 5.21. The maximum atomic E-state index is 11.1. The Labute approximate surface area is 85.1 Å². The molecule has 3 heteroatoms. The van der Waals surface area contributed by atoms with E-state index in [0.717, 1.165) is 25.7 Å². The summed E-state index contributed by atoms with van der Waals surface area (Å²) >= 11 is 0. The highest BCUT2D eigenvalue weighted by atomic mass is 16.5. The van der Waals surface area contributed by atoms with Crippen molar-refractivity contribution in [2.24, 2.45) is 0 Å². The largest absolute Gasteiger partial charge is 0.462 e. The van der Waals surface area contributed by atoms with Crippen molar-refractivity contribution in [3.05, 3.63) is 0 Å². The minimum Gasteiger partial charge on any atom is -0.462 e. The molecule has 0 saturated heterocycles. The van der Waals surface area contributed by atoms with Crippen molar-refractivity contribution in [3.63, 3.8) is 0 Å². The van der Waals surface area contributed by atoms with Gasteiger partial charge in [0, 0.05) is 0 Å². The summed E-state index contributed by atoms with van der Waals surface area (Å²) in [6.07, 6.45) is 7.97. The molecule has 1 rings (SSSR count). The first kappa shape index (κ1) is 11.0. The molecule has 1 aliphatic carbocycles. The molecule has 0 aromatic rings. The highest BCUT2D eigenvalue weighted by Gasteiger charge is 2.15. The summed E-state index contributed by atoms with van der Waals surface area (Å²) in [7, 11) is 0. The molecule has 0 radical (unpaired) electrons. The van der Waals surface area contributed by atoms with Crippen LogP contribution >= 0.6 is 0 Å². The van der Waals surface area contributed by atoms with E-state index in [1.807, 2.05) is 6.07 Å². The van der Waals surface area contributed by atoms with E-state index in [4.69, 9.17) is 10.00 Å². The van der Waals surface area contributed by atoms with Gasteiger partial charge >= 0.3 is 5.97 Å². The highest BCUT2D eigenvalue weighted by molar-refractivity contribution is 5.71. The van der Waals surface area contributed by atoms with E-state index in [0.29, 0.717) is 0 Å². The van der Waals surface area contributed by atoms with Gasteiger partial charge in [0.25, 0.3) is 0 Å². The maximum Gasteiger partial charge on any atom is 0.320 e. The van der Waals surface area contributed by atoms with Crippen LogP contribution in [-0.2, 0) is 9.53 Å². The van der Waals surface area contributed by atoms with Crippen LogP contribution in [0, 0.1) is 11.3 Å². The Kier molecular flexibility index (Phi) is 5.06. The van der Waals surface area contributed by atoms with Crippen molar-refractivity contribution < 1.29 is 9.53 Å². The van der Waals surface area contributed by atoms with E-state index >= 15 is 0 Å². The molecule has 0 aliphatic heterocycles. The Bertz CT molecular complexity index is 212. The monoisotopic (exact) mass is 195 g/mol. The van der Waals surface area contributed by atoms with E-state index in [2.05, 4.69) is 0 Å². The molecule has 1 saturated carbocycles. The number of nitriles is 1. The third-order valence-corrected chi connectivity index (χ3v) is 2.57. The number of hydrogen-bond donors (Lipinski definition) is 0. The average molecular weight is 195 g/mol. The second-order valence-corrected chi connectivity index (χ2v) is 3.79. The van der Waals surface area contributed by atoms with Crippen LogP contribution in [0.1, 0.15) is 51.4 Å². The Balaban J connectivity index is 2.27. The number of nitrogens with zero attached hydrogens (tertiary/aromatic N) is 1. The third kappa shape index (κ3) is 4.27. The molecule has 0 aromatic heterocycles. The molecular weight excluding hydrogens is 178 g/mol. The quantitative estimate of drug-likeness (QED) is 0.636. The Morgan fingerprint density at radius 3 is 2.36 bits per heavy atom. The van der Waals surface area contributed by atoms with Gasteiger partial charge in [-0.05, 0) is 25.7 Å². The number of carbonyl (C=O) groups is 1. The standard InChI is InChI=1S/C11H17NO2/c12-9-8-11(13)14-10-6-4-2-1-3-5-7-10/h10H,1-8H2. The minimum absolute atomic E-state index is 0.0659. The molecule has 0 spiro atoms. The van der Waals surface area contributed by atoms with E-state index in [1.54, 1.807) is 0 Å². The first-order valence-electron chi connectivity index (χ1n) is 5.39. The predicted octanol–water partition coefficient (Wildman–Crippen LogP) is 2.56. The number of esters is 1. The summed E-state index contributed by atoms with van der Waals surface area (Å²) in [4.78, 5) is 11.1. The molecule has 0 heterocycles. The molecule has 14 heavy (non-hydrogen) atoms. The maximum absolute atomic E-state index is 11.1. The van der Waals surface area contributed by atoms with Crippen LogP contribution in [0.4, 0.5) is 0 Å². The van der Waals surface area contributed by atoms with Gasteiger partial charge in [0.1, 0.15) is 12.5 Å². The van der Waals surface area contributed by atoms with Crippen molar-refractivity contribution in [1.29, 1.82) is 5.26 Å². The molecule has 0 N–H and O–H groups in total. The molecule has 0 unspecified atom stereocenters. The van der Waals surface area contributed by atoms with E-state index < -0.39 is 0 Å². The summed E-state index contributed by atoms with van der Waals surface area (Å²) in [5.41, 5.74) is 0. The molecule has 1 fully saturated rings. The zero-order chi connectivity index (χ0) is 10.2.